The van der Waals surface area contributed by atoms with E-state index < -0.39 is 5.97 Å². The molecule has 1 fully saturated rings. The quantitative estimate of drug-likeness (QED) is 0.473. The zero-order valence-corrected chi connectivity index (χ0v) is 16.8. The summed E-state index contributed by atoms with van der Waals surface area (Å²) in [5.74, 6) is -0.347. The van der Waals surface area contributed by atoms with Gasteiger partial charge in [0.25, 0.3) is 11.1 Å². The standard InChI is InChI=1S/C15H13Br2NO5S/c1-3-22-12(19)7-23-13-9(16)4-8(5-10(13)17)6-11-14(20)18(2)15(21)24-11/h4-6H,3,7H2,1-2H3/b11-6-. The van der Waals surface area contributed by atoms with E-state index in [4.69, 9.17) is 9.47 Å². The molecule has 1 saturated heterocycles. The van der Waals surface area contributed by atoms with Crippen LogP contribution in [0.1, 0.15) is 12.5 Å². The molecule has 0 atom stereocenters. The highest BCUT2D eigenvalue weighted by molar-refractivity contribution is 9.11. The minimum Gasteiger partial charge on any atom is -0.480 e. The Bertz CT molecular complexity index is 712. The molecule has 1 aromatic carbocycles. The molecule has 0 spiro atoms. The number of ether oxygens (including phenoxy) is 2. The second kappa shape index (κ2) is 8.17. The summed E-state index contributed by atoms with van der Waals surface area (Å²) < 4.78 is 11.4. The number of amides is 2. The molecule has 0 unspecified atom stereocenters. The Kier molecular flexibility index (Phi) is 6.47. The zero-order chi connectivity index (χ0) is 17.9. The van der Waals surface area contributed by atoms with Crippen LogP contribution in [0.3, 0.4) is 0 Å². The van der Waals surface area contributed by atoms with Crippen LogP contribution in [0.15, 0.2) is 26.0 Å². The van der Waals surface area contributed by atoms with Crippen LogP contribution in [0.25, 0.3) is 6.08 Å². The molecule has 0 bridgehead atoms. The van der Waals surface area contributed by atoms with Crippen LogP contribution in [0.2, 0.25) is 0 Å². The SMILES string of the molecule is CCOC(=O)COc1c(Br)cc(/C=C2\SC(=O)N(C)C2=O)cc1Br. The molecule has 6 nitrogen and oxygen atoms in total. The summed E-state index contributed by atoms with van der Waals surface area (Å²) in [6, 6.07) is 3.46. The fourth-order valence-corrected chi connectivity index (χ4v) is 4.11. The minimum absolute atomic E-state index is 0.209. The highest BCUT2D eigenvalue weighted by Crippen LogP contribution is 2.37. The minimum atomic E-state index is -0.461. The van der Waals surface area contributed by atoms with Crippen molar-refractivity contribution in [2.75, 3.05) is 20.3 Å². The summed E-state index contributed by atoms with van der Waals surface area (Å²) >= 11 is 7.63. The van der Waals surface area contributed by atoms with E-state index >= 15 is 0 Å². The second-order valence-electron chi connectivity index (χ2n) is 4.65. The van der Waals surface area contributed by atoms with Gasteiger partial charge in [-0.2, -0.15) is 0 Å². The number of benzene rings is 1. The molecule has 0 N–H and O–H groups in total. The molecule has 1 aromatic rings. The molecule has 128 valence electrons. The fraction of sp³-hybridized carbons (Fsp3) is 0.267. The molecule has 2 rings (SSSR count). The number of likely N-dealkylation sites (N-methyl/N-ethyl adjacent to an activating group) is 1. The monoisotopic (exact) mass is 477 g/mol. The zero-order valence-electron chi connectivity index (χ0n) is 12.8. The third-order valence-corrected chi connectivity index (χ3v) is 5.08. The maximum absolute atomic E-state index is 11.9. The van der Waals surface area contributed by atoms with E-state index in [0.717, 1.165) is 16.7 Å². The lowest BCUT2D eigenvalue weighted by atomic mass is 10.2. The van der Waals surface area contributed by atoms with Gasteiger partial charge in [0.1, 0.15) is 5.75 Å². The lowest BCUT2D eigenvalue weighted by Crippen LogP contribution is -2.22. The highest BCUT2D eigenvalue weighted by Gasteiger charge is 2.31. The van der Waals surface area contributed by atoms with E-state index in [-0.39, 0.29) is 24.4 Å². The third kappa shape index (κ3) is 4.40. The van der Waals surface area contributed by atoms with Crippen molar-refractivity contribution < 1.29 is 23.9 Å². The number of carbonyl (C=O) groups is 3. The lowest BCUT2D eigenvalue weighted by molar-refractivity contribution is -0.145. The van der Waals surface area contributed by atoms with Gasteiger partial charge in [-0.05, 0) is 74.3 Å². The number of halogens is 2. The first-order chi connectivity index (χ1) is 11.3. The van der Waals surface area contributed by atoms with Crippen LogP contribution >= 0.6 is 43.6 Å². The first kappa shape index (κ1) is 19.0. The van der Waals surface area contributed by atoms with Crippen molar-refractivity contribution in [2.45, 2.75) is 6.92 Å². The molecule has 0 radical (unpaired) electrons. The normalized spacial score (nSPS) is 16.0. The first-order valence-electron chi connectivity index (χ1n) is 6.82. The van der Waals surface area contributed by atoms with Gasteiger partial charge in [-0.15, -0.1) is 0 Å². The molecule has 1 heterocycles. The van der Waals surface area contributed by atoms with Crippen LogP contribution in [-0.4, -0.2) is 42.3 Å². The van der Waals surface area contributed by atoms with Gasteiger partial charge in [0.05, 0.1) is 20.5 Å². The molecule has 0 aromatic heterocycles. The molecule has 0 saturated carbocycles. The number of hydrogen-bond acceptors (Lipinski definition) is 6. The molecule has 2 amide bonds. The Morgan fingerprint density at radius 1 is 1.29 bits per heavy atom. The number of imide groups is 1. The lowest BCUT2D eigenvalue weighted by Gasteiger charge is -2.11. The van der Waals surface area contributed by atoms with Gasteiger partial charge in [-0.1, -0.05) is 0 Å². The van der Waals surface area contributed by atoms with Gasteiger partial charge in [0, 0.05) is 7.05 Å². The summed E-state index contributed by atoms with van der Waals surface area (Å²) in [5, 5.41) is -0.307. The van der Waals surface area contributed by atoms with Crippen molar-refractivity contribution in [3.63, 3.8) is 0 Å². The Labute approximate surface area is 159 Å². The molecule has 24 heavy (non-hydrogen) atoms. The first-order valence-corrected chi connectivity index (χ1v) is 9.22. The van der Waals surface area contributed by atoms with Gasteiger partial charge >= 0.3 is 5.97 Å². The number of rotatable bonds is 5. The van der Waals surface area contributed by atoms with Crippen molar-refractivity contribution >= 4 is 66.8 Å². The summed E-state index contributed by atoms with van der Waals surface area (Å²) in [4.78, 5) is 36.2. The Morgan fingerprint density at radius 3 is 2.42 bits per heavy atom. The fourth-order valence-electron chi connectivity index (χ4n) is 1.83. The number of hydrogen-bond donors (Lipinski definition) is 0. The summed E-state index contributed by atoms with van der Waals surface area (Å²) in [6.07, 6.45) is 1.62. The predicted molar refractivity (Wildman–Crippen MR) is 97.7 cm³/mol. The number of thioether (sulfide) groups is 1. The maximum atomic E-state index is 11.9. The van der Waals surface area contributed by atoms with Crippen molar-refractivity contribution in [2.24, 2.45) is 0 Å². The van der Waals surface area contributed by atoms with E-state index in [1.165, 1.54) is 7.05 Å². The number of esters is 1. The molecule has 0 aliphatic carbocycles. The topological polar surface area (TPSA) is 72.9 Å². The summed E-state index contributed by atoms with van der Waals surface area (Å²) in [7, 11) is 1.44. The van der Waals surface area contributed by atoms with Gasteiger partial charge in [0.15, 0.2) is 6.61 Å². The van der Waals surface area contributed by atoms with E-state index in [1.807, 2.05) is 0 Å². The summed E-state index contributed by atoms with van der Waals surface area (Å²) in [6.45, 7) is 1.80. The van der Waals surface area contributed by atoms with Gasteiger partial charge in [0.2, 0.25) is 0 Å². The Morgan fingerprint density at radius 2 is 1.92 bits per heavy atom. The van der Waals surface area contributed by atoms with Crippen LogP contribution < -0.4 is 4.74 Å². The van der Waals surface area contributed by atoms with Crippen molar-refractivity contribution in [3.05, 3.63) is 31.5 Å². The van der Waals surface area contributed by atoms with Gasteiger partial charge in [-0.25, -0.2) is 4.79 Å². The van der Waals surface area contributed by atoms with Crippen molar-refractivity contribution in [1.29, 1.82) is 0 Å². The average molecular weight is 479 g/mol. The highest BCUT2D eigenvalue weighted by atomic mass is 79.9. The van der Waals surface area contributed by atoms with Crippen LogP contribution in [0, 0.1) is 0 Å². The predicted octanol–water partition coefficient (Wildman–Crippen LogP) is 3.82. The number of carbonyl (C=O) groups excluding carboxylic acids is 3. The number of nitrogens with zero attached hydrogens (tertiary/aromatic N) is 1. The van der Waals surface area contributed by atoms with E-state index in [2.05, 4.69) is 31.9 Å². The van der Waals surface area contributed by atoms with E-state index in [0.29, 0.717) is 25.2 Å². The third-order valence-electron chi connectivity index (χ3n) is 2.94. The van der Waals surface area contributed by atoms with Crippen LogP contribution in [0.5, 0.6) is 5.75 Å². The molecule has 1 aliphatic heterocycles. The van der Waals surface area contributed by atoms with Gasteiger partial charge in [-0.3, -0.25) is 14.5 Å². The Hall–Kier alpha value is -1.32. The largest absolute Gasteiger partial charge is 0.480 e. The molecule has 9 heteroatoms. The molecular weight excluding hydrogens is 466 g/mol. The maximum Gasteiger partial charge on any atom is 0.344 e. The summed E-state index contributed by atoms with van der Waals surface area (Å²) in [5.41, 5.74) is 0.705. The van der Waals surface area contributed by atoms with E-state index in [9.17, 15) is 14.4 Å². The van der Waals surface area contributed by atoms with Crippen LogP contribution in [-0.2, 0) is 14.3 Å². The van der Waals surface area contributed by atoms with Crippen molar-refractivity contribution in [1.82, 2.24) is 4.90 Å². The molecular formula is C15H13Br2NO5S. The van der Waals surface area contributed by atoms with Gasteiger partial charge < -0.3 is 9.47 Å². The van der Waals surface area contributed by atoms with Crippen molar-refractivity contribution in [3.8, 4) is 5.75 Å². The Balaban J connectivity index is 2.19. The van der Waals surface area contributed by atoms with Crippen LogP contribution in [0.4, 0.5) is 4.79 Å². The molecule has 1 aliphatic rings. The smallest absolute Gasteiger partial charge is 0.344 e. The average Bonchev–Trinajstić information content (AvgIpc) is 2.74. The van der Waals surface area contributed by atoms with E-state index in [1.54, 1.807) is 25.1 Å². The second-order valence-corrected chi connectivity index (χ2v) is 7.35.